The van der Waals surface area contributed by atoms with Crippen LogP contribution in [0.15, 0.2) is 60.7 Å². The minimum Gasteiger partial charge on any atom is -0.340 e. The molecule has 9 heteroatoms. The van der Waals surface area contributed by atoms with E-state index < -0.39 is 0 Å². The molecule has 2 aromatic carbocycles. The molecule has 0 bridgehead atoms. The van der Waals surface area contributed by atoms with E-state index in [0.29, 0.717) is 17.2 Å². The Bertz CT molecular complexity index is 1470. The molecule has 5 aromatic rings. The highest BCUT2D eigenvalue weighted by molar-refractivity contribution is 7.17. The van der Waals surface area contributed by atoms with Crippen molar-refractivity contribution >= 4 is 39.7 Å². The number of fused-ring (bicyclic) bond motifs is 1. The summed E-state index contributed by atoms with van der Waals surface area (Å²) in [6.45, 7) is 5.86. The van der Waals surface area contributed by atoms with Gasteiger partial charge in [0.2, 0.25) is 4.96 Å². The van der Waals surface area contributed by atoms with Gasteiger partial charge >= 0.3 is 0 Å². The standard InChI is InChI=1S/C24H21N7OS/c1-14-15(2)33-24-29-23(30-31(14)24)28-22(32)18-10-7-11-19(12-18)27-21-13-20(25-16(3)26-21)17-8-5-4-6-9-17/h4-13H,1-3H3,(H,25,26,27)(H,28,30,32). The van der Waals surface area contributed by atoms with E-state index in [1.165, 1.54) is 0 Å². The number of aryl methyl sites for hydroxylation is 3. The van der Waals surface area contributed by atoms with Gasteiger partial charge in [-0.2, -0.15) is 4.98 Å². The predicted molar refractivity (Wildman–Crippen MR) is 130 cm³/mol. The summed E-state index contributed by atoms with van der Waals surface area (Å²) in [5, 5.41) is 10.5. The number of thiazole rings is 1. The molecule has 33 heavy (non-hydrogen) atoms. The van der Waals surface area contributed by atoms with Crippen molar-refractivity contribution in [2.45, 2.75) is 20.8 Å². The molecule has 1 amide bonds. The average molecular weight is 456 g/mol. The van der Waals surface area contributed by atoms with Gasteiger partial charge in [-0.25, -0.2) is 14.5 Å². The molecule has 0 aliphatic carbocycles. The number of carbonyl (C=O) groups excluding carboxylic acids is 1. The number of carbonyl (C=O) groups is 1. The Morgan fingerprint density at radius 3 is 2.55 bits per heavy atom. The Hall–Kier alpha value is -4.11. The lowest BCUT2D eigenvalue weighted by Crippen LogP contribution is -2.13. The number of benzene rings is 2. The SMILES string of the molecule is Cc1nc(Nc2cccc(C(=O)Nc3nc4sc(C)c(C)n4n3)c2)cc(-c2ccccc2)n1. The van der Waals surface area contributed by atoms with Gasteiger partial charge in [0, 0.05) is 27.8 Å². The predicted octanol–water partition coefficient (Wildman–Crippen LogP) is 5.17. The fraction of sp³-hybridized carbons (Fsp3) is 0.125. The second-order valence-electron chi connectivity index (χ2n) is 7.59. The Labute approximate surface area is 194 Å². The van der Waals surface area contributed by atoms with E-state index in [9.17, 15) is 4.79 Å². The molecular formula is C24H21N7OS. The van der Waals surface area contributed by atoms with E-state index in [1.807, 2.05) is 69.3 Å². The van der Waals surface area contributed by atoms with Crippen LogP contribution >= 0.6 is 11.3 Å². The Balaban J connectivity index is 1.35. The lowest BCUT2D eigenvalue weighted by atomic mass is 10.1. The van der Waals surface area contributed by atoms with Gasteiger partial charge in [0.15, 0.2) is 0 Å². The fourth-order valence-electron chi connectivity index (χ4n) is 3.44. The van der Waals surface area contributed by atoms with Crippen molar-refractivity contribution in [2.24, 2.45) is 0 Å². The lowest BCUT2D eigenvalue weighted by Gasteiger charge is -2.10. The highest BCUT2D eigenvalue weighted by Gasteiger charge is 2.14. The van der Waals surface area contributed by atoms with Crippen molar-refractivity contribution < 1.29 is 4.79 Å². The topological polar surface area (TPSA) is 97.1 Å². The molecule has 0 radical (unpaired) electrons. The van der Waals surface area contributed by atoms with E-state index in [1.54, 1.807) is 28.0 Å². The van der Waals surface area contributed by atoms with Crippen LogP contribution in [-0.2, 0) is 0 Å². The summed E-state index contributed by atoms with van der Waals surface area (Å²) in [5.74, 6) is 1.31. The third kappa shape index (κ3) is 4.31. The number of nitrogens with one attached hydrogen (secondary N) is 2. The maximum Gasteiger partial charge on any atom is 0.258 e. The molecule has 0 unspecified atom stereocenters. The molecule has 164 valence electrons. The molecule has 3 aromatic heterocycles. The molecule has 5 rings (SSSR count). The minimum atomic E-state index is -0.282. The number of hydrogen-bond acceptors (Lipinski definition) is 7. The normalized spacial score (nSPS) is 11.0. The Kier molecular flexibility index (Phi) is 5.31. The number of rotatable bonds is 5. The summed E-state index contributed by atoms with van der Waals surface area (Å²) in [7, 11) is 0. The molecule has 0 spiro atoms. The van der Waals surface area contributed by atoms with E-state index in [4.69, 9.17) is 0 Å². The second kappa shape index (κ2) is 8.44. The first kappa shape index (κ1) is 20.8. The van der Waals surface area contributed by atoms with Crippen LogP contribution in [0.3, 0.4) is 0 Å². The third-order valence-electron chi connectivity index (χ3n) is 5.18. The van der Waals surface area contributed by atoms with Gasteiger partial charge in [0.1, 0.15) is 11.6 Å². The van der Waals surface area contributed by atoms with Gasteiger partial charge in [-0.05, 0) is 39.0 Å². The van der Waals surface area contributed by atoms with Crippen molar-refractivity contribution in [1.82, 2.24) is 24.6 Å². The maximum atomic E-state index is 12.8. The van der Waals surface area contributed by atoms with Crippen molar-refractivity contribution in [1.29, 1.82) is 0 Å². The van der Waals surface area contributed by atoms with Gasteiger partial charge in [0.25, 0.3) is 11.9 Å². The monoisotopic (exact) mass is 455 g/mol. The van der Waals surface area contributed by atoms with E-state index in [-0.39, 0.29) is 11.9 Å². The summed E-state index contributed by atoms with van der Waals surface area (Å²) in [5.41, 5.74) is 4.09. The Morgan fingerprint density at radius 1 is 0.939 bits per heavy atom. The van der Waals surface area contributed by atoms with Crippen LogP contribution in [0.5, 0.6) is 0 Å². The van der Waals surface area contributed by atoms with Gasteiger partial charge in [-0.3, -0.25) is 10.1 Å². The molecule has 0 saturated heterocycles. The molecular weight excluding hydrogens is 434 g/mol. The number of nitrogens with zero attached hydrogens (tertiary/aromatic N) is 5. The molecule has 8 nitrogen and oxygen atoms in total. The highest BCUT2D eigenvalue weighted by Crippen LogP contribution is 2.24. The fourth-order valence-corrected chi connectivity index (χ4v) is 4.35. The summed E-state index contributed by atoms with van der Waals surface area (Å²) >= 11 is 1.54. The molecule has 0 saturated carbocycles. The highest BCUT2D eigenvalue weighted by atomic mass is 32.1. The molecule has 0 atom stereocenters. The quantitative estimate of drug-likeness (QED) is 0.380. The number of aromatic nitrogens is 5. The van der Waals surface area contributed by atoms with E-state index in [2.05, 4.69) is 30.7 Å². The summed E-state index contributed by atoms with van der Waals surface area (Å²) in [6.07, 6.45) is 0. The van der Waals surface area contributed by atoms with Crippen LogP contribution < -0.4 is 10.6 Å². The Morgan fingerprint density at radius 2 is 1.76 bits per heavy atom. The summed E-state index contributed by atoms with van der Waals surface area (Å²) in [4.78, 5) is 28.1. The smallest absolute Gasteiger partial charge is 0.258 e. The molecule has 2 N–H and O–H groups in total. The van der Waals surface area contributed by atoms with Crippen molar-refractivity contribution in [2.75, 3.05) is 10.6 Å². The van der Waals surface area contributed by atoms with Crippen LogP contribution in [0.25, 0.3) is 16.2 Å². The van der Waals surface area contributed by atoms with Crippen LogP contribution in [0.1, 0.15) is 26.8 Å². The van der Waals surface area contributed by atoms with Crippen molar-refractivity contribution in [3.63, 3.8) is 0 Å². The zero-order valence-electron chi connectivity index (χ0n) is 18.3. The minimum absolute atomic E-state index is 0.282. The van der Waals surface area contributed by atoms with Crippen LogP contribution in [0, 0.1) is 20.8 Å². The molecule has 3 heterocycles. The third-order valence-corrected chi connectivity index (χ3v) is 6.23. The zero-order chi connectivity index (χ0) is 22.9. The molecule has 0 fully saturated rings. The van der Waals surface area contributed by atoms with Gasteiger partial charge in [-0.15, -0.1) is 5.10 Å². The van der Waals surface area contributed by atoms with Gasteiger partial charge < -0.3 is 5.32 Å². The van der Waals surface area contributed by atoms with Crippen LogP contribution in [-0.4, -0.2) is 30.5 Å². The van der Waals surface area contributed by atoms with Crippen LogP contribution in [0.2, 0.25) is 0 Å². The first-order valence-corrected chi connectivity index (χ1v) is 11.2. The first-order chi connectivity index (χ1) is 16.0. The molecule has 0 aliphatic rings. The second-order valence-corrected chi connectivity index (χ2v) is 8.77. The summed E-state index contributed by atoms with van der Waals surface area (Å²) < 4.78 is 1.75. The van der Waals surface area contributed by atoms with Gasteiger partial charge in [-0.1, -0.05) is 47.7 Å². The van der Waals surface area contributed by atoms with E-state index in [0.717, 1.165) is 32.5 Å². The number of hydrogen-bond donors (Lipinski definition) is 2. The van der Waals surface area contributed by atoms with Crippen LogP contribution in [0.4, 0.5) is 17.5 Å². The van der Waals surface area contributed by atoms with Crippen molar-refractivity contribution in [3.05, 3.63) is 82.6 Å². The average Bonchev–Trinajstić information content (AvgIpc) is 3.31. The number of amides is 1. The van der Waals surface area contributed by atoms with Crippen molar-refractivity contribution in [3.8, 4) is 11.3 Å². The van der Waals surface area contributed by atoms with E-state index >= 15 is 0 Å². The number of anilines is 3. The maximum absolute atomic E-state index is 12.8. The van der Waals surface area contributed by atoms with Gasteiger partial charge in [0.05, 0.1) is 11.4 Å². The zero-order valence-corrected chi connectivity index (χ0v) is 19.1. The lowest BCUT2D eigenvalue weighted by molar-refractivity contribution is 0.102. The molecule has 0 aliphatic heterocycles. The first-order valence-electron chi connectivity index (χ1n) is 10.4. The summed E-state index contributed by atoms with van der Waals surface area (Å²) in [6, 6.07) is 19.0. The largest absolute Gasteiger partial charge is 0.340 e.